The Bertz CT molecular complexity index is 1240. The number of hydrogen-bond donors (Lipinski definition) is 1. The van der Waals surface area contributed by atoms with Gasteiger partial charge in [-0.25, -0.2) is 9.37 Å². The predicted molar refractivity (Wildman–Crippen MR) is 111 cm³/mol. The number of carbonyl (C=O) groups excluding carboxylic acids is 2. The lowest BCUT2D eigenvalue weighted by Crippen LogP contribution is -2.32. The van der Waals surface area contributed by atoms with Gasteiger partial charge in [0.1, 0.15) is 29.5 Å². The molecular weight excluding hydrogens is 403 g/mol. The van der Waals surface area contributed by atoms with Gasteiger partial charge in [-0.05, 0) is 31.9 Å². The van der Waals surface area contributed by atoms with Gasteiger partial charge in [0.2, 0.25) is 5.91 Å². The van der Waals surface area contributed by atoms with Crippen LogP contribution in [0.5, 0.6) is 0 Å². The number of nitrogens with zero attached hydrogens (tertiary/aromatic N) is 5. The molecule has 162 valence electrons. The van der Waals surface area contributed by atoms with E-state index in [4.69, 9.17) is 0 Å². The maximum Gasteiger partial charge on any atom is 0.280 e. The van der Waals surface area contributed by atoms with Crippen molar-refractivity contribution in [2.75, 3.05) is 5.32 Å². The Morgan fingerprint density at radius 2 is 1.97 bits per heavy atom. The summed E-state index contributed by atoms with van der Waals surface area (Å²) >= 11 is 0. The predicted octanol–water partition coefficient (Wildman–Crippen LogP) is 2.16. The average Bonchev–Trinajstić information content (AvgIpc) is 3.30. The summed E-state index contributed by atoms with van der Waals surface area (Å²) in [5.74, 6) is -1.04. The molecule has 0 saturated carbocycles. The van der Waals surface area contributed by atoms with Crippen LogP contribution in [-0.2, 0) is 17.9 Å². The van der Waals surface area contributed by atoms with Crippen LogP contribution in [0.4, 0.5) is 10.2 Å². The lowest BCUT2D eigenvalue weighted by molar-refractivity contribution is -0.116. The van der Waals surface area contributed by atoms with Crippen molar-refractivity contribution in [3.63, 3.8) is 0 Å². The van der Waals surface area contributed by atoms with E-state index < -0.39 is 11.7 Å². The van der Waals surface area contributed by atoms with Gasteiger partial charge >= 0.3 is 0 Å². The minimum Gasteiger partial charge on any atom is -0.330 e. The Morgan fingerprint density at radius 1 is 1.23 bits per heavy atom. The monoisotopic (exact) mass is 426 g/mol. The molecule has 3 aromatic heterocycles. The van der Waals surface area contributed by atoms with Gasteiger partial charge in [-0.1, -0.05) is 13.8 Å². The molecule has 0 unspecified atom stereocenters. The van der Waals surface area contributed by atoms with E-state index in [9.17, 15) is 18.8 Å². The van der Waals surface area contributed by atoms with Crippen molar-refractivity contribution in [2.45, 2.75) is 52.7 Å². The number of pyridine rings is 1. The normalized spacial score (nSPS) is 13.5. The zero-order valence-corrected chi connectivity index (χ0v) is 17.7. The number of carbonyl (C=O) groups is 2. The molecule has 0 saturated heterocycles. The molecule has 0 bridgehead atoms. The molecule has 9 nitrogen and oxygen atoms in total. The summed E-state index contributed by atoms with van der Waals surface area (Å²) in [4.78, 5) is 44.4. The maximum absolute atomic E-state index is 13.1. The van der Waals surface area contributed by atoms with Crippen LogP contribution in [0.15, 0.2) is 29.2 Å². The van der Waals surface area contributed by atoms with Gasteiger partial charge in [0.05, 0.1) is 24.0 Å². The van der Waals surface area contributed by atoms with Crippen molar-refractivity contribution in [1.82, 2.24) is 24.1 Å². The molecule has 0 atom stereocenters. The van der Waals surface area contributed by atoms with Gasteiger partial charge in [-0.3, -0.25) is 14.4 Å². The third kappa shape index (κ3) is 3.58. The second-order valence-corrected chi connectivity index (χ2v) is 8.15. The lowest BCUT2D eigenvalue weighted by Gasteiger charge is -2.20. The highest BCUT2D eigenvalue weighted by molar-refractivity contribution is 5.98. The molecule has 1 aliphatic rings. The highest BCUT2D eigenvalue weighted by Gasteiger charge is 2.36. The Labute approximate surface area is 177 Å². The molecule has 2 amide bonds. The van der Waals surface area contributed by atoms with E-state index in [1.165, 1.54) is 21.2 Å². The first-order valence-electron chi connectivity index (χ1n) is 10.0. The molecule has 0 spiro atoms. The molecule has 4 heterocycles. The first kappa shape index (κ1) is 20.7. The maximum atomic E-state index is 13.1. The Balaban J connectivity index is 1.82. The molecule has 0 aliphatic carbocycles. The van der Waals surface area contributed by atoms with E-state index >= 15 is 0 Å². The minimum absolute atomic E-state index is 0.0581. The van der Waals surface area contributed by atoms with E-state index in [1.807, 2.05) is 27.7 Å². The van der Waals surface area contributed by atoms with Gasteiger partial charge in [-0.15, -0.1) is 0 Å². The van der Waals surface area contributed by atoms with Gasteiger partial charge in [0, 0.05) is 12.1 Å². The zero-order chi connectivity index (χ0) is 22.4. The van der Waals surface area contributed by atoms with Crippen LogP contribution in [0, 0.1) is 5.82 Å². The van der Waals surface area contributed by atoms with Gasteiger partial charge in [0.15, 0.2) is 0 Å². The molecule has 1 N–H and O–H groups in total. The highest BCUT2D eigenvalue weighted by Crippen LogP contribution is 2.25. The molecule has 3 aromatic rings. The van der Waals surface area contributed by atoms with Crippen LogP contribution >= 0.6 is 0 Å². The summed E-state index contributed by atoms with van der Waals surface area (Å²) in [5, 5.41) is 7.01. The molecule has 0 radical (unpaired) electrons. The van der Waals surface area contributed by atoms with E-state index in [-0.39, 0.29) is 48.0 Å². The van der Waals surface area contributed by atoms with E-state index in [0.717, 1.165) is 6.20 Å². The Kier molecular flexibility index (Phi) is 5.08. The third-order valence-corrected chi connectivity index (χ3v) is 5.30. The largest absolute Gasteiger partial charge is 0.330 e. The number of rotatable bonds is 5. The molecule has 31 heavy (non-hydrogen) atoms. The van der Waals surface area contributed by atoms with Crippen molar-refractivity contribution in [1.29, 1.82) is 0 Å². The van der Waals surface area contributed by atoms with Crippen LogP contribution in [-0.4, -0.2) is 41.9 Å². The summed E-state index contributed by atoms with van der Waals surface area (Å²) in [6.07, 6.45) is 1.00. The summed E-state index contributed by atoms with van der Waals surface area (Å²) < 4.78 is 15.9. The highest BCUT2D eigenvalue weighted by atomic mass is 19.1. The quantitative estimate of drug-likeness (QED) is 0.674. The first-order chi connectivity index (χ1) is 14.7. The SMILES string of the molecule is CC(C)c1cc2n(CC(=O)Nc3ccc(F)cn3)c3c(c(=O)n2n1)CN(C(C)C)C3=O. The van der Waals surface area contributed by atoms with Gasteiger partial charge < -0.3 is 14.8 Å². The summed E-state index contributed by atoms with van der Waals surface area (Å²) in [6.45, 7) is 7.57. The molecule has 0 fully saturated rings. The molecule has 4 rings (SSSR count). The van der Waals surface area contributed by atoms with Crippen molar-refractivity contribution in [3.8, 4) is 0 Å². The smallest absolute Gasteiger partial charge is 0.280 e. The fourth-order valence-corrected chi connectivity index (χ4v) is 3.64. The fraction of sp³-hybridized carbons (Fsp3) is 0.381. The fourth-order valence-electron chi connectivity index (χ4n) is 3.64. The Morgan fingerprint density at radius 3 is 2.58 bits per heavy atom. The zero-order valence-electron chi connectivity index (χ0n) is 17.7. The summed E-state index contributed by atoms with van der Waals surface area (Å²) in [7, 11) is 0. The number of nitrogens with one attached hydrogen (secondary N) is 1. The van der Waals surface area contributed by atoms with Crippen LogP contribution in [0.1, 0.15) is 55.4 Å². The van der Waals surface area contributed by atoms with Crippen molar-refractivity contribution in [2.24, 2.45) is 0 Å². The average molecular weight is 426 g/mol. The van der Waals surface area contributed by atoms with E-state index in [2.05, 4.69) is 15.4 Å². The molecule has 0 aromatic carbocycles. The number of anilines is 1. The first-order valence-corrected chi connectivity index (χ1v) is 10.0. The number of hydrogen-bond acceptors (Lipinski definition) is 5. The summed E-state index contributed by atoms with van der Waals surface area (Å²) in [6, 6.07) is 4.15. The molecular formula is C21H23FN6O3. The van der Waals surface area contributed by atoms with Gasteiger partial charge in [-0.2, -0.15) is 9.61 Å². The summed E-state index contributed by atoms with van der Waals surface area (Å²) in [5.41, 5.74) is 1.21. The lowest BCUT2D eigenvalue weighted by atomic mass is 10.1. The minimum atomic E-state index is -0.516. The van der Waals surface area contributed by atoms with Crippen molar-refractivity contribution >= 4 is 23.3 Å². The Hall–Kier alpha value is -3.56. The van der Waals surface area contributed by atoms with Crippen LogP contribution < -0.4 is 10.9 Å². The van der Waals surface area contributed by atoms with Crippen LogP contribution in [0.25, 0.3) is 5.65 Å². The van der Waals surface area contributed by atoms with Crippen LogP contribution in [0.3, 0.4) is 0 Å². The van der Waals surface area contributed by atoms with E-state index in [0.29, 0.717) is 16.9 Å². The number of halogens is 1. The topological polar surface area (TPSA) is 102 Å². The van der Waals surface area contributed by atoms with Gasteiger partial charge in [0.25, 0.3) is 11.5 Å². The van der Waals surface area contributed by atoms with Crippen LogP contribution in [0.2, 0.25) is 0 Å². The van der Waals surface area contributed by atoms with Crippen molar-refractivity contribution in [3.05, 3.63) is 57.5 Å². The third-order valence-electron chi connectivity index (χ3n) is 5.30. The number of amides is 2. The molecule has 1 aliphatic heterocycles. The van der Waals surface area contributed by atoms with Crippen molar-refractivity contribution < 1.29 is 14.0 Å². The number of fused-ring (bicyclic) bond motifs is 2. The number of aromatic nitrogens is 4. The molecule has 10 heteroatoms. The van der Waals surface area contributed by atoms with E-state index in [1.54, 1.807) is 11.0 Å². The second kappa shape index (κ2) is 7.60. The second-order valence-electron chi connectivity index (χ2n) is 8.15. The standard InChI is InChI=1S/C21H23FN6O3/c1-11(2)15-7-18-27(10-17(29)24-16-6-5-13(22)8-23-16)19-14(20(30)28(18)25-15)9-26(12(3)4)21(19)31/h5-8,11-12H,9-10H2,1-4H3,(H,23,24,29).